The zero-order valence-corrected chi connectivity index (χ0v) is 12.0. The van der Waals surface area contributed by atoms with Gasteiger partial charge in [0.05, 0.1) is 0 Å². The molecule has 100 valence electrons. The Balaban J connectivity index is 1.88. The summed E-state index contributed by atoms with van der Waals surface area (Å²) in [5.41, 5.74) is 2.73. The lowest BCUT2D eigenvalue weighted by molar-refractivity contribution is 0.208. The van der Waals surface area contributed by atoms with Gasteiger partial charge in [-0.15, -0.1) is 0 Å². The minimum absolute atomic E-state index is 0.784. The molecular weight excluding hydrogens is 220 g/mol. The van der Waals surface area contributed by atoms with Crippen LogP contribution >= 0.6 is 0 Å². The lowest BCUT2D eigenvalue weighted by atomic mass is 10.0. The molecule has 2 nitrogen and oxygen atoms in total. The van der Waals surface area contributed by atoms with Crippen LogP contribution in [0.2, 0.25) is 0 Å². The van der Waals surface area contributed by atoms with Crippen LogP contribution in [0.15, 0.2) is 24.3 Å². The number of rotatable bonds is 4. The highest BCUT2D eigenvalue weighted by Crippen LogP contribution is 2.22. The molecule has 0 bridgehead atoms. The number of piperidine rings is 1. The molecule has 0 saturated carbocycles. The molecule has 1 aliphatic heterocycles. The van der Waals surface area contributed by atoms with E-state index in [2.05, 4.69) is 55.0 Å². The van der Waals surface area contributed by atoms with Crippen LogP contribution in [0.3, 0.4) is 0 Å². The van der Waals surface area contributed by atoms with Crippen LogP contribution in [-0.2, 0) is 0 Å². The van der Waals surface area contributed by atoms with Gasteiger partial charge in [-0.3, -0.25) is 0 Å². The lowest BCUT2D eigenvalue weighted by Crippen LogP contribution is -2.43. The molecule has 0 atom stereocenters. The summed E-state index contributed by atoms with van der Waals surface area (Å²) in [7, 11) is 2.27. The Kier molecular flexibility index (Phi) is 4.65. The zero-order chi connectivity index (χ0) is 13.0. The summed E-state index contributed by atoms with van der Waals surface area (Å²) < 4.78 is 0. The summed E-state index contributed by atoms with van der Waals surface area (Å²) in [5.74, 6) is 0. The molecule has 2 rings (SSSR count). The van der Waals surface area contributed by atoms with Crippen LogP contribution in [0, 0.1) is 6.92 Å². The second-order valence-electron chi connectivity index (χ2n) is 5.53. The van der Waals surface area contributed by atoms with Crippen LogP contribution in [0.25, 0.3) is 0 Å². The normalized spacial score (nSPS) is 17.4. The summed E-state index contributed by atoms with van der Waals surface area (Å²) in [6, 6.07) is 9.72. The predicted molar refractivity (Wildman–Crippen MR) is 79.3 cm³/mol. The number of anilines is 1. The van der Waals surface area contributed by atoms with E-state index in [0.717, 1.165) is 6.04 Å². The molecule has 0 spiro atoms. The fourth-order valence-corrected chi connectivity index (χ4v) is 2.86. The highest BCUT2D eigenvalue weighted by molar-refractivity contribution is 5.47. The monoisotopic (exact) mass is 246 g/mol. The summed E-state index contributed by atoms with van der Waals surface area (Å²) in [6.07, 6.45) is 3.85. The quantitative estimate of drug-likeness (QED) is 0.804. The molecule has 0 aromatic heterocycles. The van der Waals surface area contributed by atoms with Crippen molar-refractivity contribution in [2.75, 3.05) is 31.6 Å². The van der Waals surface area contributed by atoms with Crippen LogP contribution in [0.1, 0.15) is 31.7 Å². The topological polar surface area (TPSA) is 6.48 Å². The minimum atomic E-state index is 0.784. The Labute approximate surface area is 112 Å². The van der Waals surface area contributed by atoms with Crippen molar-refractivity contribution in [2.45, 2.75) is 39.2 Å². The first kappa shape index (κ1) is 13.4. The van der Waals surface area contributed by atoms with E-state index in [1.807, 2.05) is 0 Å². The van der Waals surface area contributed by atoms with Crippen molar-refractivity contribution in [3.63, 3.8) is 0 Å². The maximum atomic E-state index is 2.53. The molecule has 0 aliphatic carbocycles. The van der Waals surface area contributed by atoms with Crippen molar-refractivity contribution >= 4 is 5.69 Å². The Hall–Kier alpha value is -1.02. The zero-order valence-electron chi connectivity index (χ0n) is 12.0. The van der Waals surface area contributed by atoms with Crippen LogP contribution in [0.5, 0.6) is 0 Å². The molecule has 0 unspecified atom stereocenters. The average molecular weight is 246 g/mol. The van der Waals surface area contributed by atoms with Gasteiger partial charge >= 0.3 is 0 Å². The molecule has 1 aromatic rings. The number of benzene rings is 1. The van der Waals surface area contributed by atoms with E-state index in [0.29, 0.717) is 0 Å². The highest BCUT2D eigenvalue weighted by Gasteiger charge is 2.21. The van der Waals surface area contributed by atoms with Crippen molar-refractivity contribution in [1.82, 2.24) is 4.90 Å². The number of aryl methyl sites for hydroxylation is 1. The van der Waals surface area contributed by atoms with Crippen molar-refractivity contribution in [1.29, 1.82) is 0 Å². The maximum absolute atomic E-state index is 2.53. The van der Waals surface area contributed by atoms with Gasteiger partial charge in [-0.2, -0.15) is 0 Å². The van der Waals surface area contributed by atoms with E-state index in [-0.39, 0.29) is 0 Å². The smallest absolute Gasteiger partial charge is 0.0366 e. The summed E-state index contributed by atoms with van der Waals surface area (Å²) in [4.78, 5) is 5.06. The molecule has 0 amide bonds. The highest BCUT2D eigenvalue weighted by atomic mass is 15.2. The Morgan fingerprint density at radius 1 is 1.17 bits per heavy atom. The standard InChI is InChI=1S/C16H26N2/c1-4-11-17(3)15-9-12-18(13-10-15)16-7-5-14(2)6-8-16/h5-8,15H,4,9-13H2,1-3H3. The third-order valence-corrected chi connectivity index (χ3v) is 4.06. The Bertz CT molecular complexity index is 350. The molecule has 1 aliphatic rings. The van der Waals surface area contributed by atoms with Gasteiger partial charge in [0.1, 0.15) is 0 Å². The number of hydrogen-bond acceptors (Lipinski definition) is 2. The third-order valence-electron chi connectivity index (χ3n) is 4.06. The molecule has 0 N–H and O–H groups in total. The third kappa shape index (κ3) is 3.26. The van der Waals surface area contributed by atoms with Gasteiger partial charge in [0.2, 0.25) is 0 Å². The van der Waals surface area contributed by atoms with Gasteiger partial charge < -0.3 is 9.80 Å². The second kappa shape index (κ2) is 6.24. The van der Waals surface area contributed by atoms with Gasteiger partial charge in [-0.25, -0.2) is 0 Å². The average Bonchev–Trinajstić information content (AvgIpc) is 2.40. The van der Waals surface area contributed by atoms with Crippen molar-refractivity contribution in [3.05, 3.63) is 29.8 Å². The van der Waals surface area contributed by atoms with Gasteiger partial charge in [0.25, 0.3) is 0 Å². The Morgan fingerprint density at radius 3 is 2.33 bits per heavy atom. The maximum Gasteiger partial charge on any atom is 0.0366 e. The van der Waals surface area contributed by atoms with E-state index in [1.54, 1.807) is 0 Å². The summed E-state index contributed by atoms with van der Waals surface area (Å²) >= 11 is 0. The first-order valence-electron chi connectivity index (χ1n) is 7.22. The van der Waals surface area contributed by atoms with Crippen LogP contribution in [0.4, 0.5) is 5.69 Å². The number of nitrogens with zero attached hydrogens (tertiary/aromatic N) is 2. The minimum Gasteiger partial charge on any atom is -0.371 e. The van der Waals surface area contributed by atoms with Gasteiger partial charge in [-0.05, 0) is 51.9 Å². The Morgan fingerprint density at radius 2 is 1.78 bits per heavy atom. The van der Waals surface area contributed by atoms with Gasteiger partial charge in [0, 0.05) is 24.8 Å². The summed E-state index contributed by atoms with van der Waals surface area (Å²) in [6.45, 7) is 8.03. The molecule has 0 radical (unpaired) electrons. The molecule has 1 fully saturated rings. The van der Waals surface area contributed by atoms with Crippen LogP contribution < -0.4 is 4.90 Å². The SMILES string of the molecule is CCCN(C)C1CCN(c2ccc(C)cc2)CC1. The van der Waals surface area contributed by atoms with E-state index in [1.165, 1.54) is 50.1 Å². The molecule has 18 heavy (non-hydrogen) atoms. The first-order chi connectivity index (χ1) is 8.70. The van der Waals surface area contributed by atoms with Crippen molar-refractivity contribution in [3.8, 4) is 0 Å². The van der Waals surface area contributed by atoms with Gasteiger partial charge in [-0.1, -0.05) is 24.6 Å². The van der Waals surface area contributed by atoms with Crippen molar-refractivity contribution < 1.29 is 0 Å². The molecule has 1 saturated heterocycles. The lowest BCUT2D eigenvalue weighted by Gasteiger charge is -2.37. The molecule has 1 aromatic carbocycles. The van der Waals surface area contributed by atoms with E-state index in [4.69, 9.17) is 0 Å². The van der Waals surface area contributed by atoms with E-state index in [9.17, 15) is 0 Å². The van der Waals surface area contributed by atoms with Crippen LogP contribution in [-0.4, -0.2) is 37.6 Å². The predicted octanol–water partition coefficient (Wildman–Crippen LogP) is 3.31. The van der Waals surface area contributed by atoms with E-state index >= 15 is 0 Å². The second-order valence-corrected chi connectivity index (χ2v) is 5.53. The first-order valence-corrected chi connectivity index (χ1v) is 7.22. The van der Waals surface area contributed by atoms with Crippen molar-refractivity contribution in [2.24, 2.45) is 0 Å². The largest absolute Gasteiger partial charge is 0.371 e. The number of hydrogen-bond donors (Lipinski definition) is 0. The fraction of sp³-hybridized carbons (Fsp3) is 0.625. The van der Waals surface area contributed by atoms with E-state index < -0.39 is 0 Å². The van der Waals surface area contributed by atoms with Gasteiger partial charge in [0.15, 0.2) is 0 Å². The molecular formula is C16H26N2. The molecule has 1 heterocycles. The molecule has 2 heteroatoms. The fourth-order valence-electron chi connectivity index (χ4n) is 2.86. The summed E-state index contributed by atoms with van der Waals surface area (Å²) in [5, 5.41) is 0.